The summed E-state index contributed by atoms with van der Waals surface area (Å²) >= 11 is 0. The van der Waals surface area contributed by atoms with Crippen LogP contribution in [-0.4, -0.2) is 24.9 Å². The van der Waals surface area contributed by atoms with E-state index < -0.39 is 22.6 Å². The normalized spacial score (nSPS) is 15.5. The number of nitrogens with one attached hydrogen (secondary N) is 2. The molecule has 1 atom stereocenters. The lowest BCUT2D eigenvalue weighted by atomic mass is 10.1. The smallest absolute Gasteiger partial charge is 0.318 e. The number of aryl methyl sites for hydroxylation is 2. The Bertz CT molecular complexity index is 1100. The van der Waals surface area contributed by atoms with Crippen LogP contribution in [0.5, 0.6) is 0 Å². The van der Waals surface area contributed by atoms with Gasteiger partial charge in [0.25, 0.3) is 0 Å². The van der Waals surface area contributed by atoms with Gasteiger partial charge in [0.15, 0.2) is 5.69 Å². The third kappa shape index (κ3) is 3.06. The second kappa shape index (κ2) is 6.63. The predicted molar refractivity (Wildman–Crippen MR) is 96.8 cm³/mol. The Morgan fingerprint density at radius 1 is 1.29 bits per heavy atom. The summed E-state index contributed by atoms with van der Waals surface area (Å²) in [7, 11) is 0. The van der Waals surface area contributed by atoms with E-state index in [4.69, 9.17) is 0 Å². The van der Waals surface area contributed by atoms with Crippen molar-refractivity contribution in [3.8, 4) is 11.4 Å². The lowest BCUT2D eigenvalue weighted by molar-refractivity contribution is -0.385. The topological polar surface area (TPSA) is 110 Å². The molecule has 0 fully saturated rings. The van der Waals surface area contributed by atoms with Gasteiger partial charge in [-0.1, -0.05) is 0 Å². The minimum atomic E-state index is -0.653. The van der Waals surface area contributed by atoms with E-state index in [1.54, 1.807) is 6.92 Å². The van der Waals surface area contributed by atoms with E-state index >= 15 is 0 Å². The monoisotopic (exact) mass is 386 g/mol. The standard InChI is InChI=1S/C18H16F2N6O2/c1-8-17(26(27)28)16(15-7-21-9(2)23-15)25-18(22-8)24-14-4-3-11-12(14)5-10(19)6-13(11)20/h5-7,14H,3-4H2,1-2H3,(H,21,23)(H,22,24,25). The maximum absolute atomic E-state index is 14.0. The van der Waals surface area contributed by atoms with Crippen LogP contribution >= 0.6 is 0 Å². The number of hydrogen-bond acceptors (Lipinski definition) is 6. The molecule has 1 aromatic carbocycles. The van der Waals surface area contributed by atoms with Gasteiger partial charge in [0.2, 0.25) is 5.95 Å². The summed E-state index contributed by atoms with van der Waals surface area (Å²) in [5, 5.41) is 14.6. The molecule has 2 N–H and O–H groups in total. The summed E-state index contributed by atoms with van der Waals surface area (Å²) in [5.74, 6) is -0.494. The van der Waals surface area contributed by atoms with E-state index in [0.29, 0.717) is 35.5 Å². The maximum Gasteiger partial charge on any atom is 0.318 e. The second-order valence-electron chi connectivity index (χ2n) is 6.66. The van der Waals surface area contributed by atoms with Gasteiger partial charge < -0.3 is 10.3 Å². The van der Waals surface area contributed by atoms with Crippen LogP contribution in [0.1, 0.15) is 35.1 Å². The predicted octanol–water partition coefficient (Wildman–Crippen LogP) is 3.77. The highest BCUT2D eigenvalue weighted by Gasteiger charge is 2.29. The Kier molecular flexibility index (Phi) is 4.25. The minimum Gasteiger partial charge on any atom is -0.347 e. The molecule has 0 saturated heterocycles. The Morgan fingerprint density at radius 3 is 2.75 bits per heavy atom. The molecule has 0 amide bonds. The van der Waals surface area contributed by atoms with Gasteiger partial charge in [0.1, 0.15) is 23.2 Å². The van der Waals surface area contributed by atoms with Crippen molar-refractivity contribution in [2.75, 3.05) is 5.32 Å². The van der Waals surface area contributed by atoms with Crippen molar-refractivity contribution in [2.24, 2.45) is 0 Å². The number of halogens is 2. The molecule has 2 aromatic heterocycles. The highest BCUT2D eigenvalue weighted by Crippen LogP contribution is 2.37. The molecule has 0 spiro atoms. The molecule has 0 radical (unpaired) electrons. The van der Waals surface area contributed by atoms with Crippen molar-refractivity contribution in [1.29, 1.82) is 0 Å². The zero-order chi connectivity index (χ0) is 20.0. The highest BCUT2D eigenvalue weighted by atomic mass is 19.1. The summed E-state index contributed by atoms with van der Waals surface area (Å²) in [4.78, 5) is 26.4. The lowest BCUT2D eigenvalue weighted by Gasteiger charge is -2.15. The van der Waals surface area contributed by atoms with Gasteiger partial charge in [-0.05, 0) is 43.9 Å². The third-order valence-corrected chi connectivity index (χ3v) is 4.76. The SMILES string of the molecule is Cc1ncc(-c2nc(NC3CCc4c(F)cc(F)cc43)nc(C)c2[N+](=O)[O-])[nH]1. The first kappa shape index (κ1) is 18.0. The van der Waals surface area contributed by atoms with E-state index in [0.717, 1.165) is 6.07 Å². The summed E-state index contributed by atoms with van der Waals surface area (Å²) in [6.45, 7) is 3.24. The van der Waals surface area contributed by atoms with Gasteiger partial charge in [-0.2, -0.15) is 0 Å². The van der Waals surface area contributed by atoms with E-state index in [1.165, 1.54) is 19.2 Å². The number of aromatic nitrogens is 4. The van der Waals surface area contributed by atoms with E-state index in [2.05, 4.69) is 25.3 Å². The summed E-state index contributed by atoms with van der Waals surface area (Å²) < 4.78 is 27.6. The molecule has 144 valence electrons. The molecule has 3 aromatic rings. The minimum absolute atomic E-state index is 0.101. The number of imidazole rings is 1. The van der Waals surface area contributed by atoms with Crippen LogP contribution in [0.4, 0.5) is 20.4 Å². The van der Waals surface area contributed by atoms with E-state index in [9.17, 15) is 18.9 Å². The Morgan fingerprint density at radius 2 is 2.07 bits per heavy atom. The van der Waals surface area contributed by atoms with Crippen LogP contribution in [0.3, 0.4) is 0 Å². The van der Waals surface area contributed by atoms with Crippen molar-refractivity contribution in [3.05, 3.63) is 62.7 Å². The number of benzene rings is 1. The van der Waals surface area contributed by atoms with Crippen molar-refractivity contribution >= 4 is 11.6 Å². The summed E-state index contributed by atoms with van der Waals surface area (Å²) in [5.41, 5.74) is 1.41. The van der Waals surface area contributed by atoms with Gasteiger partial charge in [0.05, 0.1) is 22.9 Å². The van der Waals surface area contributed by atoms with Crippen LogP contribution in [0, 0.1) is 35.6 Å². The molecule has 10 heteroatoms. The number of H-pyrrole nitrogens is 1. The number of fused-ring (bicyclic) bond motifs is 1. The zero-order valence-corrected chi connectivity index (χ0v) is 15.1. The third-order valence-electron chi connectivity index (χ3n) is 4.76. The van der Waals surface area contributed by atoms with Crippen LogP contribution in [0.25, 0.3) is 11.4 Å². The fraction of sp³-hybridized carbons (Fsp3) is 0.278. The van der Waals surface area contributed by atoms with Gasteiger partial charge in [-0.25, -0.2) is 23.7 Å². The summed E-state index contributed by atoms with van der Waals surface area (Å²) in [6.07, 6.45) is 2.45. The fourth-order valence-corrected chi connectivity index (χ4v) is 3.53. The van der Waals surface area contributed by atoms with E-state index in [1.807, 2.05) is 0 Å². The second-order valence-corrected chi connectivity index (χ2v) is 6.66. The number of nitrogens with zero attached hydrogens (tertiary/aromatic N) is 4. The molecule has 0 aliphatic heterocycles. The van der Waals surface area contributed by atoms with Gasteiger partial charge in [-0.15, -0.1) is 0 Å². The number of nitro groups is 1. The quantitative estimate of drug-likeness (QED) is 0.522. The van der Waals surface area contributed by atoms with Gasteiger partial charge in [0, 0.05) is 6.07 Å². The Labute approximate surface area is 158 Å². The van der Waals surface area contributed by atoms with E-state index in [-0.39, 0.29) is 23.0 Å². The van der Waals surface area contributed by atoms with Crippen molar-refractivity contribution in [1.82, 2.24) is 19.9 Å². The first-order chi connectivity index (χ1) is 13.3. The molecule has 28 heavy (non-hydrogen) atoms. The van der Waals surface area contributed by atoms with Crippen molar-refractivity contribution < 1.29 is 13.7 Å². The molecular formula is C18H16F2N6O2. The number of hydrogen-bond donors (Lipinski definition) is 2. The number of rotatable bonds is 4. The molecule has 1 unspecified atom stereocenters. The highest BCUT2D eigenvalue weighted by molar-refractivity contribution is 5.69. The molecule has 2 heterocycles. The molecule has 8 nitrogen and oxygen atoms in total. The molecule has 0 bridgehead atoms. The average molecular weight is 386 g/mol. The van der Waals surface area contributed by atoms with Gasteiger partial charge in [-0.3, -0.25) is 10.1 Å². The zero-order valence-electron chi connectivity index (χ0n) is 15.1. The summed E-state index contributed by atoms with van der Waals surface area (Å²) in [6, 6.07) is 1.77. The average Bonchev–Trinajstić information content (AvgIpc) is 3.21. The number of anilines is 1. The van der Waals surface area contributed by atoms with Gasteiger partial charge >= 0.3 is 5.69 Å². The Balaban J connectivity index is 1.75. The van der Waals surface area contributed by atoms with Crippen molar-refractivity contribution in [3.63, 3.8) is 0 Å². The fourth-order valence-electron chi connectivity index (χ4n) is 3.53. The largest absolute Gasteiger partial charge is 0.347 e. The molecule has 1 aliphatic carbocycles. The van der Waals surface area contributed by atoms with Crippen LogP contribution in [0.2, 0.25) is 0 Å². The molecule has 0 saturated carbocycles. The lowest BCUT2D eigenvalue weighted by Crippen LogP contribution is -2.12. The van der Waals surface area contributed by atoms with Crippen LogP contribution in [-0.2, 0) is 6.42 Å². The maximum atomic E-state index is 14.0. The molecule has 1 aliphatic rings. The van der Waals surface area contributed by atoms with Crippen LogP contribution in [0.15, 0.2) is 18.3 Å². The first-order valence-electron chi connectivity index (χ1n) is 8.63. The molecule has 4 rings (SSSR count). The van der Waals surface area contributed by atoms with Crippen LogP contribution < -0.4 is 5.32 Å². The molecular weight excluding hydrogens is 370 g/mol. The van der Waals surface area contributed by atoms with Crippen molar-refractivity contribution in [2.45, 2.75) is 32.7 Å². The number of aromatic amines is 1. The first-order valence-corrected chi connectivity index (χ1v) is 8.63. The Hall–Kier alpha value is -3.43.